The van der Waals surface area contributed by atoms with E-state index in [1.807, 2.05) is 19.1 Å². The van der Waals surface area contributed by atoms with Gasteiger partial charge in [0.2, 0.25) is 0 Å². The Morgan fingerprint density at radius 2 is 2.30 bits per heavy atom. The van der Waals surface area contributed by atoms with E-state index in [0.29, 0.717) is 11.7 Å². The Bertz CT molecular complexity index is 808. The van der Waals surface area contributed by atoms with Crippen LogP contribution in [0.3, 0.4) is 0 Å². The molecule has 5 nitrogen and oxygen atoms in total. The number of hydrogen-bond donors (Lipinski definition) is 1. The van der Waals surface area contributed by atoms with Crippen molar-refractivity contribution >= 4 is 22.8 Å². The number of piperidine rings is 1. The quantitative estimate of drug-likeness (QED) is 0.803. The Kier molecular flexibility index (Phi) is 3.79. The van der Waals surface area contributed by atoms with E-state index in [1.165, 1.54) is 18.4 Å². The third kappa shape index (κ3) is 2.96. The molecule has 1 aliphatic heterocycles. The fourth-order valence-corrected chi connectivity index (χ4v) is 4.08. The first-order valence-electron chi connectivity index (χ1n) is 8.05. The molecular formula is C17H21N5S. The summed E-state index contributed by atoms with van der Waals surface area (Å²) in [6, 6.07) is 6.20. The van der Waals surface area contributed by atoms with Gasteiger partial charge in [-0.1, -0.05) is 0 Å². The number of aryl methyl sites for hydroxylation is 1. The molecule has 1 fully saturated rings. The van der Waals surface area contributed by atoms with Crippen molar-refractivity contribution in [1.29, 1.82) is 0 Å². The van der Waals surface area contributed by atoms with Crippen LogP contribution in [-0.2, 0) is 6.54 Å². The maximum atomic E-state index is 6.17. The molecule has 120 valence electrons. The Balaban J connectivity index is 1.57. The Morgan fingerprint density at radius 1 is 1.39 bits per heavy atom. The van der Waals surface area contributed by atoms with Crippen LogP contribution in [0.1, 0.15) is 35.7 Å². The van der Waals surface area contributed by atoms with E-state index in [0.717, 1.165) is 36.7 Å². The molecule has 1 saturated heterocycles. The summed E-state index contributed by atoms with van der Waals surface area (Å²) in [5.41, 5.74) is 10.5. The fraction of sp³-hybridized carbons (Fsp3) is 0.412. The Hall–Kier alpha value is -1.92. The van der Waals surface area contributed by atoms with E-state index < -0.39 is 0 Å². The number of thiophene rings is 1. The molecule has 1 atom stereocenters. The van der Waals surface area contributed by atoms with Crippen molar-refractivity contribution in [2.75, 3.05) is 18.8 Å². The van der Waals surface area contributed by atoms with Gasteiger partial charge in [-0.05, 0) is 48.7 Å². The lowest BCUT2D eigenvalue weighted by atomic mass is 9.94. The molecule has 0 radical (unpaired) electrons. The first kappa shape index (κ1) is 14.7. The van der Waals surface area contributed by atoms with Crippen molar-refractivity contribution in [3.63, 3.8) is 0 Å². The first-order chi connectivity index (χ1) is 11.2. The summed E-state index contributed by atoms with van der Waals surface area (Å²) in [7, 11) is 0. The highest BCUT2D eigenvalue weighted by molar-refractivity contribution is 7.07. The maximum absolute atomic E-state index is 6.17. The highest BCUT2D eigenvalue weighted by Gasteiger charge is 2.23. The summed E-state index contributed by atoms with van der Waals surface area (Å²) in [4.78, 5) is 7.34. The van der Waals surface area contributed by atoms with Crippen molar-refractivity contribution < 1.29 is 0 Å². The van der Waals surface area contributed by atoms with E-state index >= 15 is 0 Å². The molecule has 2 N–H and O–H groups in total. The lowest BCUT2D eigenvalue weighted by molar-refractivity contribution is 0.199. The van der Waals surface area contributed by atoms with E-state index in [1.54, 1.807) is 15.9 Å². The molecule has 0 saturated carbocycles. The van der Waals surface area contributed by atoms with E-state index in [-0.39, 0.29) is 0 Å². The normalized spacial score (nSPS) is 19.4. The second-order valence-corrected chi connectivity index (χ2v) is 7.15. The zero-order valence-electron chi connectivity index (χ0n) is 13.3. The minimum Gasteiger partial charge on any atom is -0.384 e. The summed E-state index contributed by atoms with van der Waals surface area (Å²) in [5, 5.41) is 8.77. The molecule has 0 amide bonds. The molecule has 0 aromatic carbocycles. The van der Waals surface area contributed by atoms with Gasteiger partial charge in [0.1, 0.15) is 5.82 Å². The summed E-state index contributed by atoms with van der Waals surface area (Å²) in [6.07, 6.45) is 2.38. The summed E-state index contributed by atoms with van der Waals surface area (Å²) in [5.74, 6) is 1.12. The predicted molar refractivity (Wildman–Crippen MR) is 93.7 cm³/mol. The first-order valence-corrected chi connectivity index (χ1v) is 8.99. The van der Waals surface area contributed by atoms with Gasteiger partial charge >= 0.3 is 0 Å². The minimum absolute atomic E-state index is 0.449. The highest BCUT2D eigenvalue weighted by atomic mass is 32.1. The minimum atomic E-state index is 0.449. The van der Waals surface area contributed by atoms with Crippen LogP contribution in [0.5, 0.6) is 0 Å². The van der Waals surface area contributed by atoms with Gasteiger partial charge in [-0.25, -0.2) is 4.98 Å². The van der Waals surface area contributed by atoms with Crippen molar-refractivity contribution in [1.82, 2.24) is 19.5 Å². The highest BCUT2D eigenvalue weighted by Crippen LogP contribution is 2.28. The molecule has 0 aliphatic carbocycles. The molecule has 23 heavy (non-hydrogen) atoms. The summed E-state index contributed by atoms with van der Waals surface area (Å²) >= 11 is 1.77. The van der Waals surface area contributed by atoms with Crippen LogP contribution >= 0.6 is 11.3 Å². The molecule has 3 aromatic rings. The van der Waals surface area contributed by atoms with Crippen LogP contribution in [-0.4, -0.2) is 32.6 Å². The van der Waals surface area contributed by atoms with Crippen molar-refractivity contribution in [3.05, 3.63) is 45.9 Å². The topological polar surface area (TPSA) is 59.5 Å². The Morgan fingerprint density at radius 3 is 3.13 bits per heavy atom. The average Bonchev–Trinajstić information content (AvgIpc) is 3.16. The molecule has 0 bridgehead atoms. The summed E-state index contributed by atoms with van der Waals surface area (Å²) in [6.45, 7) is 5.21. The van der Waals surface area contributed by atoms with E-state index in [2.05, 4.69) is 26.8 Å². The second-order valence-electron chi connectivity index (χ2n) is 6.37. The lowest BCUT2D eigenvalue weighted by Crippen LogP contribution is -2.34. The molecule has 1 aliphatic rings. The number of rotatable bonds is 3. The zero-order valence-corrected chi connectivity index (χ0v) is 14.1. The van der Waals surface area contributed by atoms with Crippen molar-refractivity contribution in [3.8, 4) is 0 Å². The fourth-order valence-electron chi connectivity index (χ4n) is 3.42. The monoisotopic (exact) mass is 327 g/mol. The molecule has 3 aromatic heterocycles. The van der Waals surface area contributed by atoms with Crippen molar-refractivity contribution in [2.24, 2.45) is 0 Å². The number of anilines is 1. The predicted octanol–water partition coefficient (Wildman–Crippen LogP) is 3.06. The molecule has 0 unspecified atom stereocenters. The van der Waals surface area contributed by atoms with Gasteiger partial charge in [0.15, 0.2) is 5.65 Å². The largest absolute Gasteiger partial charge is 0.384 e. The van der Waals surface area contributed by atoms with Gasteiger partial charge in [0.25, 0.3) is 0 Å². The van der Waals surface area contributed by atoms with Crippen LogP contribution in [0.15, 0.2) is 29.0 Å². The number of nitrogen functional groups attached to an aromatic ring is 1. The van der Waals surface area contributed by atoms with Crippen LogP contribution in [0.25, 0.3) is 5.65 Å². The number of nitrogens with two attached hydrogens (primary N) is 1. The smallest absolute Gasteiger partial charge is 0.157 e. The molecule has 0 spiro atoms. The van der Waals surface area contributed by atoms with Crippen molar-refractivity contribution in [2.45, 2.75) is 32.2 Å². The van der Waals surface area contributed by atoms with E-state index in [9.17, 15) is 0 Å². The van der Waals surface area contributed by atoms with Gasteiger partial charge in [-0.15, -0.1) is 0 Å². The number of aromatic nitrogens is 3. The van der Waals surface area contributed by atoms with Gasteiger partial charge in [0, 0.05) is 31.1 Å². The maximum Gasteiger partial charge on any atom is 0.157 e. The SMILES string of the molecule is Cc1cc2nc([C@H]3CCCN(Cc4ccsc4)C3)cc(N)n2n1. The van der Waals surface area contributed by atoms with Crippen LogP contribution in [0, 0.1) is 6.92 Å². The number of nitrogens with zero attached hydrogens (tertiary/aromatic N) is 4. The number of likely N-dealkylation sites (tertiary alicyclic amines) is 1. The molecule has 4 heterocycles. The second kappa shape index (κ2) is 5.94. The third-order valence-electron chi connectivity index (χ3n) is 4.51. The van der Waals surface area contributed by atoms with Gasteiger partial charge in [0.05, 0.1) is 11.4 Å². The van der Waals surface area contributed by atoms with E-state index in [4.69, 9.17) is 10.7 Å². The van der Waals surface area contributed by atoms with Crippen LogP contribution in [0.4, 0.5) is 5.82 Å². The molecule has 6 heteroatoms. The standard InChI is InChI=1S/C17H21N5S/c1-12-7-17-19-15(8-16(18)22(17)20-12)14-3-2-5-21(10-14)9-13-4-6-23-11-13/h4,6-8,11,14H,2-3,5,9-10,18H2,1H3/t14-/m0/s1. The Labute approximate surface area is 139 Å². The third-order valence-corrected chi connectivity index (χ3v) is 5.24. The molecular weight excluding hydrogens is 306 g/mol. The average molecular weight is 327 g/mol. The zero-order chi connectivity index (χ0) is 15.8. The van der Waals surface area contributed by atoms with Gasteiger partial charge in [-0.2, -0.15) is 21.0 Å². The summed E-state index contributed by atoms with van der Waals surface area (Å²) < 4.78 is 1.73. The number of hydrogen-bond acceptors (Lipinski definition) is 5. The number of fused-ring (bicyclic) bond motifs is 1. The molecule has 4 rings (SSSR count). The lowest BCUT2D eigenvalue weighted by Gasteiger charge is -2.32. The van der Waals surface area contributed by atoms with Crippen LogP contribution in [0.2, 0.25) is 0 Å². The van der Waals surface area contributed by atoms with Crippen LogP contribution < -0.4 is 5.73 Å². The van der Waals surface area contributed by atoms with Gasteiger partial charge < -0.3 is 5.73 Å². The van der Waals surface area contributed by atoms with Gasteiger partial charge in [-0.3, -0.25) is 4.90 Å².